The molecule has 6 nitrogen and oxygen atoms in total. The first-order chi connectivity index (χ1) is 11.2. The summed E-state index contributed by atoms with van der Waals surface area (Å²) in [6.07, 6.45) is 2.15. The van der Waals surface area contributed by atoms with E-state index in [1.807, 2.05) is 24.0 Å². The van der Waals surface area contributed by atoms with Crippen LogP contribution >= 0.6 is 0 Å². The molecule has 3 rings (SSSR count). The van der Waals surface area contributed by atoms with Crippen LogP contribution in [0.25, 0.3) is 0 Å². The molecule has 6 heteroatoms. The van der Waals surface area contributed by atoms with Gasteiger partial charge in [0, 0.05) is 6.54 Å². The predicted octanol–water partition coefficient (Wildman–Crippen LogP) is 2.25. The number of carbonyl (C=O) groups is 1. The minimum atomic E-state index is -0.179. The van der Waals surface area contributed by atoms with E-state index in [0.717, 1.165) is 6.42 Å². The second-order valence-corrected chi connectivity index (χ2v) is 5.39. The molecule has 0 saturated heterocycles. The van der Waals surface area contributed by atoms with E-state index in [0.29, 0.717) is 6.54 Å². The number of fused-ring (bicyclic) bond motifs is 1. The zero-order valence-electron chi connectivity index (χ0n) is 13.4. The molecular formula is C17H19N3O3. The minimum absolute atomic E-state index is 0.0259. The van der Waals surface area contributed by atoms with Gasteiger partial charge in [0.1, 0.15) is 6.33 Å². The SMILES string of the molecule is COc1ncnc(OC)c1C(=O)N1CCc2ccccc2[C@@H]1C. The zero-order chi connectivity index (χ0) is 16.4. The van der Waals surface area contributed by atoms with Gasteiger partial charge in [-0.2, -0.15) is 0 Å². The normalized spacial score (nSPS) is 16.7. The maximum absolute atomic E-state index is 13.1. The number of methoxy groups -OCH3 is 2. The van der Waals surface area contributed by atoms with Crippen LogP contribution in [0.2, 0.25) is 0 Å². The fraction of sp³-hybridized carbons (Fsp3) is 0.353. The molecule has 1 aromatic heterocycles. The summed E-state index contributed by atoms with van der Waals surface area (Å²) < 4.78 is 10.5. The Bertz CT molecular complexity index is 711. The fourth-order valence-electron chi connectivity index (χ4n) is 3.04. The number of hydrogen-bond acceptors (Lipinski definition) is 5. The summed E-state index contributed by atoms with van der Waals surface area (Å²) in [6, 6.07) is 8.17. The molecule has 1 amide bonds. The van der Waals surface area contributed by atoms with E-state index in [1.165, 1.54) is 31.7 Å². The van der Waals surface area contributed by atoms with Crippen LogP contribution in [0.3, 0.4) is 0 Å². The highest BCUT2D eigenvalue weighted by Crippen LogP contribution is 2.33. The van der Waals surface area contributed by atoms with E-state index >= 15 is 0 Å². The van der Waals surface area contributed by atoms with Crippen molar-refractivity contribution in [1.82, 2.24) is 14.9 Å². The van der Waals surface area contributed by atoms with E-state index in [2.05, 4.69) is 22.1 Å². The van der Waals surface area contributed by atoms with Gasteiger partial charge in [0.25, 0.3) is 5.91 Å². The maximum Gasteiger partial charge on any atom is 0.265 e. The van der Waals surface area contributed by atoms with Crippen molar-refractivity contribution >= 4 is 5.91 Å². The number of ether oxygens (including phenoxy) is 2. The van der Waals surface area contributed by atoms with Crippen molar-refractivity contribution in [2.75, 3.05) is 20.8 Å². The topological polar surface area (TPSA) is 64.6 Å². The highest BCUT2D eigenvalue weighted by atomic mass is 16.5. The Hall–Kier alpha value is -2.63. The van der Waals surface area contributed by atoms with Crippen LogP contribution in [0.4, 0.5) is 0 Å². The molecule has 1 aromatic carbocycles. The summed E-state index contributed by atoms with van der Waals surface area (Å²) >= 11 is 0. The molecule has 0 radical (unpaired) electrons. The zero-order valence-corrected chi connectivity index (χ0v) is 13.4. The summed E-state index contributed by atoms with van der Waals surface area (Å²) in [7, 11) is 2.96. The van der Waals surface area contributed by atoms with Crippen molar-refractivity contribution in [2.24, 2.45) is 0 Å². The molecule has 23 heavy (non-hydrogen) atoms. The molecule has 1 atom stereocenters. The van der Waals surface area contributed by atoms with Crippen LogP contribution in [0.15, 0.2) is 30.6 Å². The van der Waals surface area contributed by atoms with Gasteiger partial charge in [0.05, 0.1) is 20.3 Å². The van der Waals surface area contributed by atoms with Crippen molar-refractivity contribution in [3.05, 3.63) is 47.3 Å². The molecule has 0 fully saturated rings. The average molecular weight is 313 g/mol. The molecule has 0 aliphatic carbocycles. The molecule has 0 saturated carbocycles. The molecule has 120 valence electrons. The lowest BCUT2D eigenvalue weighted by atomic mass is 9.93. The van der Waals surface area contributed by atoms with Crippen LogP contribution < -0.4 is 9.47 Å². The molecular weight excluding hydrogens is 294 g/mol. The number of amides is 1. The van der Waals surface area contributed by atoms with Gasteiger partial charge in [-0.15, -0.1) is 0 Å². The van der Waals surface area contributed by atoms with Gasteiger partial charge in [-0.05, 0) is 24.5 Å². The lowest BCUT2D eigenvalue weighted by molar-refractivity contribution is 0.0668. The van der Waals surface area contributed by atoms with Crippen molar-refractivity contribution in [2.45, 2.75) is 19.4 Å². The Morgan fingerprint density at radius 1 is 1.17 bits per heavy atom. The second kappa shape index (κ2) is 6.24. The Balaban J connectivity index is 1.99. The third-order valence-electron chi connectivity index (χ3n) is 4.23. The summed E-state index contributed by atoms with van der Waals surface area (Å²) in [5.74, 6) is 0.280. The molecule has 2 aromatic rings. The maximum atomic E-state index is 13.1. The Kier molecular flexibility index (Phi) is 4.14. The lowest BCUT2D eigenvalue weighted by Crippen LogP contribution is -2.39. The number of rotatable bonds is 3. The van der Waals surface area contributed by atoms with Crippen molar-refractivity contribution in [3.63, 3.8) is 0 Å². The van der Waals surface area contributed by atoms with Gasteiger partial charge in [-0.3, -0.25) is 4.79 Å². The molecule has 0 N–H and O–H groups in total. The first kappa shape index (κ1) is 15.3. The van der Waals surface area contributed by atoms with E-state index in [9.17, 15) is 4.79 Å². The van der Waals surface area contributed by atoms with Gasteiger partial charge >= 0.3 is 0 Å². The quantitative estimate of drug-likeness (QED) is 0.869. The third kappa shape index (κ3) is 2.60. The number of aromatic nitrogens is 2. The second-order valence-electron chi connectivity index (χ2n) is 5.39. The Labute approximate surface area is 135 Å². The highest BCUT2D eigenvalue weighted by molar-refractivity contribution is 5.99. The van der Waals surface area contributed by atoms with Crippen molar-refractivity contribution < 1.29 is 14.3 Å². The van der Waals surface area contributed by atoms with Crippen LogP contribution in [-0.4, -0.2) is 41.5 Å². The Morgan fingerprint density at radius 3 is 2.48 bits per heavy atom. The van der Waals surface area contributed by atoms with Crippen LogP contribution in [0.5, 0.6) is 11.8 Å². The fourth-order valence-corrected chi connectivity index (χ4v) is 3.04. The largest absolute Gasteiger partial charge is 0.480 e. The van der Waals surface area contributed by atoms with Crippen molar-refractivity contribution in [3.8, 4) is 11.8 Å². The summed E-state index contributed by atoms with van der Waals surface area (Å²) in [4.78, 5) is 22.9. The predicted molar refractivity (Wildman–Crippen MR) is 84.7 cm³/mol. The van der Waals surface area contributed by atoms with Gasteiger partial charge in [0.2, 0.25) is 11.8 Å². The summed E-state index contributed by atoms with van der Waals surface area (Å²) in [6.45, 7) is 2.66. The van der Waals surface area contributed by atoms with Crippen LogP contribution in [-0.2, 0) is 6.42 Å². The minimum Gasteiger partial charge on any atom is -0.480 e. The number of benzene rings is 1. The summed E-state index contributed by atoms with van der Waals surface area (Å²) in [5, 5.41) is 0. The van der Waals surface area contributed by atoms with E-state index in [4.69, 9.17) is 9.47 Å². The van der Waals surface area contributed by atoms with Crippen molar-refractivity contribution in [1.29, 1.82) is 0 Å². The van der Waals surface area contributed by atoms with Crippen LogP contribution in [0.1, 0.15) is 34.5 Å². The average Bonchev–Trinajstić information content (AvgIpc) is 2.61. The van der Waals surface area contributed by atoms with E-state index in [-0.39, 0.29) is 29.3 Å². The molecule has 1 aliphatic heterocycles. The summed E-state index contributed by atoms with van der Waals surface area (Å²) in [5.41, 5.74) is 2.72. The first-order valence-electron chi connectivity index (χ1n) is 7.49. The number of nitrogens with zero attached hydrogens (tertiary/aromatic N) is 3. The van der Waals surface area contributed by atoms with Gasteiger partial charge < -0.3 is 14.4 Å². The molecule has 1 aliphatic rings. The standard InChI is InChI=1S/C17H19N3O3/c1-11-13-7-5-4-6-12(13)8-9-20(11)17(21)14-15(22-2)18-10-19-16(14)23-3/h4-7,10-11H,8-9H2,1-3H3/t11-/m0/s1. The molecule has 0 bridgehead atoms. The molecule has 2 heterocycles. The first-order valence-corrected chi connectivity index (χ1v) is 7.49. The molecule has 0 spiro atoms. The van der Waals surface area contributed by atoms with E-state index in [1.54, 1.807) is 0 Å². The van der Waals surface area contributed by atoms with Gasteiger partial charge in [-0.25, -0.2) is 9.97 Å². The lowest BCUT2D eigenvalue weighted by Gasteiger charge is -2.35. The third-order valence-corrected chi connectivity index (χ3v) is 4.23. The number of hydrogen-bond donors (Lipinski definition) is 0. The highest BCUT2D eigenvalue weighted by Gasteiger charge is 2.32. The van der Waals surface area contributed by atoms with E-state index < -0.39 is 0 Å². The van der Waals surface area contributed by atoms with Gasteiger partial charge in [-0.1, -0.05) is 24.3 Å². The number of carbonyl (C=O) groups excluding carboxylic acids is 1. The van der Waals surface area contributed by atoms with Gasteiger partial charge in [0.15, 0.2) is 5.56 Å². The molecule has 0 unspecified atom stereocenters. The monoisotopic (exact) mass is 313 g/mol. The van der Waals surface area contributed by atoms with Crippen LogP contribution in [0, 0.1) is 0 Å². The smallest absolute Gasteiger partial charge is 0.265 e. The Morgan fingerprint density at radius 2 is 1.83 bits per heavy atom.